The number of esters is 1. The van der Waals surface area contributed by atoms with E-state index < -0.39 is 0 Å². The van der Waals surface area contributed by atoms with Gasteiger partial charge in [-0.3, -0.25) is 4.79 Å². The van der Waals surface area contributed by atoms with Crippen LogP contribution in [0.2, 0.25) is 0 Å². The maximum atomic E-state index is 11.6. The van der Waals surface area contributed by atoms with Crippen LogP contribution in [0.3, 0.4) is 0 Å². The fraction of sp³-hybridized carbons (Fsp3) is 0.174. The van der Waals surface area contributed by atoms with E-state index >= 15 is 0 Å². The Morgan fingerprint density at radius 1 is 0.808 bits per heavy atom. The van der Waals surface area contributed by atoms with E-state index in [2.05, 4.69) is 67.3 Å². The summed E-state index contributed by atoms with van der Waals surface area (Å²) in [5.74, 6) is 0.318. The molecule has 3 nitrogen and oxygen atoms in total. The first-order chi connectivity index (χ1) is 12.6. The minimum Gasteiger partial charge on any atom is -0.426 e. The summed E-state index contributed by atoms with van der Waals surface area (Å²) in [6.07, 6.45) is 0.351. The maximum absolute atomic E-state index is 11.6. The van der Waals surface area contributed by atoms with Gasteiger partial charge in [-0.1, -0.05) is 48.4 Å². The number of rotatable bonds is 5. The van der Waals surface area contributed by atoms with Gasteiger partial charge in [0.15, 0.2) is 0 Å². The van der Waals surface area contributed by atoms with E-state index in [9.17, 15) is 4.79 Å². The number of aryl methyl sites for hydroxylation is 2. The molecule has 0 aliphatic rings. The fourth-order valence-electron chi connectivity index (χ4n) is 2.72. The number of ether oxygens (including phenoxy) is 1. The highest BCUT2D eigenvalue weighted by atomic mass is 16.5. The molecule has 0 aliphatic heterocycles. The summed E-state index contributed by atoms with van der Waals surface area (Å²) in [5.41, 5.74) is 5.47. The van der Waals surface area contributed by atoms with Crippen LogP contribution in [0.25, 0.3) is 0 Å². The summed E-state index contributed by atoms with van der Waals surface area (Å²) in [7, 11) is 0. The minimum atomic E-state index is -0.237. The molecule has 0 aromatic heterocycles. The molecule has 0 fully saturated rings. The molecule has 0 radical (unpaired) electrons. The van der Waals surface area contributed by atoms with Crippen LogP contribution in [0, 0.1) is 13.8 Å². The van der Waals surface area contributed by atoms with Gasteiger partial charge in [0.2, 0.25) is 0 Å². The molecule has 26 heavy (non-hydrogen) atoms. The van der Waals surface area contributed by atoms with Crippen LogP contribution in [-0.2, 0) is 4.79 Å². The lowest BCUT2D eigenvalue weighted by Crippen LogP contribution is -2.11. The van der Waals surface area contributed by atoms with Gasteiger partial charge in [-0.25, -0.2) is 0 Å². The topological polar surface area (TPSA) is 29.5 Å². The first kappa shape index (κ1) is 17.7. The lowest BCUT2D eigenvalue weighted by atomic mass is 10.1. The molecule has 3 heteroatoms. The highest BCUT2D eigenvalue weighted by Crippen LogP contribution is 2.36. The van der Waals surface area contributed by atoms with Crippen LogP contribution in [0.15, 0.2) is 72.8 Å². The van der Waals surface area contributed by atoms with Gasteiger partial charge in [0.05, 0.1) is 0 Å². The molecule has 0 spiro atoms. The lowest BCUT2D eigenvalue weighted by Gasteiger charge is -2.26. The first-order valence-corrected chi connectivity index (χ1v) is 8.81. The summed E-state index contributed by atoms with van der Waals surface area (Å²) < 4.78 is 5.40. The van der Waals surface area contributed by atoms with E-state index in [-0.39, 0.29) is 5.97 Å². The largest absolute Gasteiger partial charge is 0.426 e. The molecule has 0 heterocycles. The van der Waals surface area contributed by atoms with Crippen molar-refractivity contribution in [3.63, 3.8) is 0 Å². The summed E-state index contributed by atoms with van der Waals surface area (Å²) >= 11 is 0. The second-order valence-electron chi connectivity index (χ2n) is 6.33. The monoisotopic (exact) mass is 345 g/mol. The SMILES string of the molecule is CCC(=O)Oc1cccc(N(c2ccc(C)cc2)c2ccc(C)cc2)c1. The number of benzene rings is 3. The normalized spacial score (nSPS) is 10.4. The molecule has 0 saturated heterocycles. The van der Waals surface area contributed by atoms with Crippen molar-refractivity contribution in [3.05, 3.63) is 83.9 Å². The molecule has 0 N–H and O–H groups in total. The summed E-state index contributed by atoms with van der Waals surface area (Å²) in [6, 6.07) is 24.4. The van der Waals surface area contributed by atoms with E-state index in [1.165, 1.54) is 11.1 Å². The molecule has 3 aromatic carbocycles. The Balaban J connectivity index is 2.05. The Bertz CT molecular complexity index is 837. The Morgan fingerprint density at radius 3 is 1.85 bits per heavy atom. The molecule has 132 valence electrons. The Kier molecular flexibility index (Phi) is 5.37. The molecule has 0 unspecified atom stereocenters. The van der Waals surface area contributed by atoms with E-state index in [4.69, 9.17) is 4.74 Å². The molecule has 0 amide bonds. The second kappa shape index (κ2) is 7.87. The fourth-order valence-corrected chi connectivity index (χ4v) is 2.72. The number of hydrogen-bond acceptors (Lipinski definition) is 3. The molecular formula is C23H23NO2. The van der Waals surface area contributed by atoms with Crippen LogP contribution in [0.4, 0.5) is 17.1 Å². The maximum Gasteiger partial charge on any atom is 0.310 e. The number of carbonyl (C=O) groups excluding carboxylic acids is 1. The number of anilines is 3. The van der Waals surface area contributed by atoms with Crippen LogP contribution in [0.1, 0.15) is 24.5 Å². The van der Waals surface area contributed by atoms with E-state index in [0.717, 1.165) is 17.1 Å². The molecule has 3 rings (SSSR count). The van der Waals surface area contributed by atoms with E-state index in [1.807, 2.05) is 18.2 Å². The summed E-state index contributed by atoms with van der Waals surface area (Å²) in [5, 5.41) is 0. The van der Waals surface area contributed by atoms with Crippen LogP contribution in [0.5, 0.6) is 5.75 Å². The van der Waals surface area contributed by atoms with Crippen molar-refractivity contribution in [1.29, 1.82) is 0 Å². The van der Waals surface area contributed by atoms with Crippen molar-refractivity contribution in [3.8, 4) is 5.75 Å². The smallest absolute Gasteiger partial charge is 0.310 e. The van der Waals surface area contributed by atoms with Gasteiger partial charge in [-0.05, 0) is 50.2 Å². The van der Waals surface area contributed by atoms with Gasteiger partial charge in [0.25, 0.3) is 0 Å². The minimum absolute atomic E-state index is 0.237. The lowest BCUT2D eigenvalue weighted by molar-refractivity contribution is -0.134. The molecule has 0 atom stereocenters. The van der Waals surface area contributed by atoms with Crippen LogP contribution in [-0.4, -0.2) is 5.97 Å². The zero-order valence-electron chi connectivity index (χ0n) is 15.4. The average molecular weight is 345 g/mol. The van der Waals surface area contributed by atoms with Gasteiger partial charge < -0.3 is 9.64 Å². The molecule has 0 aliphatic carbocycles. The van der Waals surface area contributed by atoms with Crippen molar-refractivity contribution in [1.82, 2.24) is 0 Å². The first-order valence-electron chi connectivity index (χ1n) is 8.81. The van der Waals surface area contributed by atoms with Crippen molar-refractivity contribution in [2.45, 2.75) is 27.2 Å². The van der Waals surface area contributed by atoms with E-state index in [1.54, 1.807) is 13.0 Å². The van der Waals surface area contributed by atoms with Gasteiger partial charge in [0, 0.05) is 29.5 Å². The predicted octanol–water partition coefficient (Wildman–Crippen LogP) is 6.09. The molecular weight excluding hydrogens is 322 g/mol. The predicted molar refractivity (Wildman–Crippen MR) is 107 cm³/mol. The third kappa shape index (κ3) is 4.12. The Hall–Kier alpha value is -3.07. The Morgan fingerprint density at radius 2 is 1.35 bits per heavy atom. The number of carbonyl (C=O) groups is 1. The zero-order chi connectivity index (χ0) is 18.5. The Labute approximate surface area is 154 Å². The van der Waals surface area contributed by atoms with Crippen molar-refractivity contribution in [2.75, 3.05) is 4.90 Å². The average Bonchev–Trinajstić information content (AvgIpc) is 2.65. The number of nitrogens with zero attached hydrogens (tertiary/aromatic N) is 1. The highest BCUT2D eigenvalue weighted by molar-refractivity contribution is 5.78. The number of hydrogen-bond donors (Lipinski definition) is 0. The molecule has 0 bridgehead atoms. The van der Waals surface area contributed by atoms with Crippen LogP contribution >= 0.6 is 0 Å². The van der Waals surface area contributed by atoms with Gasteiger partial charge in [-0.2, -0.15) is 0 Å². The van der Waals surface area contributed by atoms with Crippen molar-refractivity contribution in [2.24, 2.45) is 0 Å². The summed E-state index contributed by atoms with van der Waals surface area (Å²) in [6.45, 7) is 5.94. The van der Waals surface area contributed by atoms with E-state index in [0.29, 0.717) is 12.2 Å². The standard InChI is InChI=1S/C23H23NO2/c1-4-23(25)26-22-7-5-6-21(16-22)24(19-12-8-17(2)9-13-19)20-14-10-18(3)11-15-20/h5-16H,4H2,1-3H3. The van der Waals surface area contributed by atoms with Crippen molar-refractivity contribution < 1.29 is 9.53 Å². The quantitative estimate of drug-likeness (QED) is 0.414. The zero-order valence-corrected chi connectivity index (χ0v) is 15.4. The van der Waals surface area contributed by atoms with Crippen LogP contribution < -0.4 is 9.64 Å². The van der Waals surface area contributed by atoms with Gasteiger partial charge in [0.1, 0.15) is 5.75 Å². The molecule has 3 aromatic rings. The third-order valence-electron chi connectivity index (χ3n) is 4.18. The summed E-state index contributed by atoms with van der Waals surface area (Å²) in [4.78, 5) is 13.8. The highest BCUT2D eigenvalue weighted by Gasteiger charge is 2.13. The third-order valence-corrected chi connectivity index (χ3v) is 4.18. The van der Waals surface area contributed by atoms with Crippen molar-refractivity contribution >= 4 is 23.0 Å². The van der Waals surface area contributed by atoms with Gasteiger partial charge in [-0.15, -0.1) is 0 Å². The molecule has 0 saturated carbocycles. The van der Waals surface area contributed by atoms with Gasteiger partial charge >= 0.3 is 5.97 Å². The second-order valence-corrected chi connectivity index (χ2v) is 6.33.